The maximum atomic E-state index is 12.9. The van der Waals surface area contributed by atoms with Crippen LogP contribution in [0.2, 0.25) is 0 Å². The number of carbonyl (C=O) groups excluding carboxylic acids is 1. The SMILES string of the molecule is O=C(NC[C@H](c1cccnc1)N1CCN(c2ccccc2)CC1)c1ccc2c(c1)OCO2. The van der Waals surface area contributed by atoms with Gasteiger partial charge in [0.2, 0.25) is 6.79 Å². The zero-order valence-electron chi connectivity index (χ0n) is 17.8. The van der Waals surface area contributed by atoms with Crippen molar-refractivity contribution in [2.75, 3.05) is 44.4 Å². The Balaban J connectivity index is 1.26. The Bertz CT molecular complexity index is 1050. The van der Waals surface area contributed by atoms with Crippen LogP contribution in [0.1, 0.15) is 22.0 Å². The average Bonchev–Trinajstić information content (AvgIpc) is 3.34. The number of amides is 1. The number of benzene rings is 2. The standard InChI is InChI=1S/C25H26N4O3/c30-25(19-8-9-23-24(15-19)32-18-31-23)27-17-22(20-5-4-10-26-16-20)29-13-11-28(12-14-29)21-6-2-1-3-7-21/h1-10,15-16,22H,11-14,17-18H2,(H,27,30)/t22-/m1/s1. The lowest BCUT2D eigenvalue weighted by Crippen LogP contribution is -2.50. The zero-order chi connectivity index (χ0) is 21.8. The van der Waals surface area contributed by atoms with Crippen molar-refractivity contribution in [1.29, 1.82) is 0 Å². The molecule has 2 aromatic carbocycles. The molecule has 1 aromatic heterocycles. The first-order valence-electron chi connectivity index (χ1n) is 10.9. The van der Waals surface area contributed by atoms with E-state index in [1.54, 1.807) is 24.4 Å². The van der Waals surface area contributed by atoms with E-state index in [-0.39, 0.29) is 18.7 Å². The summed E-state index contributed by atoms with van der Waals surface area (Å²) >= 11 is 0. The van der Waals surface area contributed by atoms with Gasteiger partial charge in [0.25, 0.3) is 5.91 Å². The highest BCUT2D eigenvalue weighted by Gasteiger charge is 2.26. The summed E-state index contributed by atoms with van der Waals surface area (Å²) in [7, 11) is 0. The lowest BCUT2D eigenvalue weighted by Gasteiger charge is -2.40. The molecule has 0 spiro atoms. The number of rotatable bonds is 6. The van der Waals surface area contributed by atoms with Crippen LogP contribution in [0.25, 0.3) is 0 Å². The summed E-state index contributed by atoms with van der Waals surface area (Å²) in [6.07, 6.45) is 3.67. The van der Waals surface area contributed by atoms with E-state index in [9.17, 15) is 4.79 Å². The molecule has 1 saturated heterocycles. The van der Waals surface area contributed by atoms with E-state index >= 15 is 0 Å². The van der Waals surface area contributed by atoms with Crippen molar-refractivity contribution in [3.05, 3.63) is 84.2 Å². The number of ether oxygens (including phenoxy) is 2. The molecule has 7 nitrogen and oxygen atoms in total. The third-order valence-corrected chi connectivity index (χ3v) is 6.04. The number of hydrogen-bond acceptors (Lipinski definition) is 6. The molecule has 1 N–H and O–H groups in total. The molecular weight excluding hydrogens is 404 g/mol. The first kappa shape index (κ1) is 20.3. The van der Waals surface area contributed by atoms with Crippen molar-refractivity contribution in [1.82, 2.24) is 15.2 Å². The van der Waals surface area contributed by atoms with Gasteiger partial charge in [-0.1, -0.05) is 24.3 Å². The molecule has 1 fully saturated rings. The predicted molar refractivity (Wildman–Crippen MR) is 122 cm³/mol. The van der Waals surface area contributed by atoms with Crippen molar-refractivity contribution >= 4 is 11.6 Å². The second-order valence-corrected chi connectivity index (χ2v) is 7.94. The van der Waals surface area contributed by atoms with Gasteiger partial charge in [-0.2, -0.15) is 0 Å². The van der Waals surface area contributed by atoms with Crippen molar-refractivity contribution in [3.63, 3.8) is 0 Å². The minimum absolute atomic E-state index is 0.0552. The number of piperazine rings is 1. The van der Waals surface area contributed by atoms with Gasteiger partial charge in [0.05, 0.1) is 6.04 Å². The predicted octanol–water partition coefficient (Wildman–Crippen LogP) is 3.10. The molecule has 3 heterocycles. The van der Waals surface area contributed by atoms with Crippen LogP contribution in [-0.4, -0.2) is 55.3 Å². The van der Waals surface area contributed by atoms with Gasteiger partial charge in [-0.25, -0.2) is 0 Å². The van der Waals surface area contributed by atoms with Crippen molar-refractivity contribution in [3.8, 4) is 11.5 Å². The molecule has 7 heteroatoms. The van der Waals surface area contributed by atoms with Gasteiger partial charge in [-0.3, -0.25) is 14.7 Å². The number of nitrogens with one attached hydrogen (secondary N) is 1. The fourth-order valence-electron chi connectivity index (χ4n) is 4.29. The van der Waals surface area contributed by atoms with Gasteiger partial charge in [-0.05, 0) is 42.0 Å². The number of para-hydroxylation sites is 1. The van der Waals surface area contributed by atoms with Gasteiger partial charge in [0.15, 0.2) is 11.5 Å². The lowest BCUT2D eigenvalue weighted by atomic mass is 10.1. The summed E-state index contributed by atoms with van der Waals surface area (Å²) in [6, 6.07) is 19.8. The molecule has 1 amide bonds. The number of anilines is 1. The minimum atomic E-state index is -0.125. The molecule has 0 unspecified atom stereocenters. The van der Waals surface area contributed by atoms with E-state index in [0.29, 0.717) is 23.6 Å². The number of nitrogens with zero attached hydrogens (tertiary/aromatic N) is 3. The Morgan fingerprint density at radius 2 is 1.78 bits per heavy atom. The zero-order valence-corrected chi connectivity index (χ0v) is 17.8. The number of hydrogen-bond donors (Lipinski definition) is 1. The number of carbonyl (C=O) groups is 1. The van der Waals surface area contributed by atoms with Gasteiger partial charge in [-0.15, -0.1) is 0 Å². The second kappa shape index (κ2) is 9.28. The first-order chi connectivity index (χ1) is 15.8. The number of pyridine rings is 1. The van der Waals surface area contributed by atoms with E-state index in [1.807, 2.05) is 18.3 Å². The van der Waals surface area contributed by atoms with E-state index in [4.69, 9.17) is 9.47 Å². The summed E-state index contributed by atoms with van der Waals surface area (Å²) in [5.74, 6) is 1.16. The van der Waals surface area contributed by atoms with E-state index in [1.165, 1.54) is 5.69 Å². The molecule has 5 rings (SSSR count). The summed E-state index contributed by atoms with van der Waals surface area (Å²) < 4.78 is 10.7. The molecule has 164 valence electrons. The Kier molecular flexibility index (Phi) is 5.89. The van der Waals surface area contributed by atoms with Crippen LogP contribution < -0.4 is 19.7 Å². The molecule has 0 aliphatic carbocycles. The van der Waals surface area contributed by atoms with Crippen LogP contribution in [0.4, 0.5) is 5.69 Å². The van der Waals surface area contributed by atoms with Crippen molar-refractivity contribution in [2.45, 2.75) is 6.04 Å². The molecule has 2 aliphatic rings. The van der Waals surface area contributed by atoms with Crippen LogP contribution >= 0.6 is 0 Å². The molecule has 3 aromatic rings. The highest BCUT2D eigenvalue weighted by molar-refractivity contribution is 5.95. The van der Waals surface area contributed by atoms with Crippen LogP contribution in [0.5, 0.6) is 11.5 Å². The van der Waals surface area contributed by atoms with Crippen LogP contribution in [0.3, 0.4) is 0 Å². The second-order valence-electron chi connectivity index (χ2n) is 7.94. The maximum Gasteiger partial charge on any atom is 0.251 e. The smallest absolute Gasteiger partial charge is 0.251 e. The molecule has 1 atom stereocenters. The molecule has 0 radical (unpaired) electrons. The topological polar surface area (TPSA) is 66.9 Å². The Labute approximate surface area is 187 Å². The quantitative estimate of drug-likeness (QED) is 0.648. The molecule has 0 bridgehead atoms. The fraction of sp³-hybridized carbons (Fsp3) is 0.280. The van der Waals surface area contributed by atoms with Crippen LogP contribution in [-0.2, 0) is 0 Å². The maximum absolute atomic E-state index is 12.9. The summed E-state index contributed by atoms with van der Waals surface area (Å²) in [4.78, 5) is 22.0. The lowest BCUT2D eigenvalue weighted by molar-refractivity contribution is 0.0929. The average molecular weight is 431 g/mol. The van der Waals surface area contributed by atoms with Gasteiger partial charge < -0.3 is 19.7 Å². The number of fused-ring (bicyclic) bond motifs is 1. The molecule has 0 saturated carbocycles. The fourth-order valence-corrected chi connectivity index (χ4v) is 4.29. The van der Waals surface area contributed by atoms with Crippen LogP contribution in [0, 0.1) is 0 Å². The van der Waals surface area contributed by atoms with Gasteiger partial charge in [0.1, 0.15) is 0 Å². The molecule has 32 heavy (non-hydrogen) atoms. The largest absolute Gasteiger partial charge is 0.454 e. The summed E-state index contributed by atoms with van der Waals surface area (Å²) in [5.41, 5.74) is 2.92. The van der Waals surface area contributed by atoms with Crippen LogP contribution in [0.15, 0.2) is 73.1 Å². The normalized spacial score (nSPS) is 16.6. The first-order valence-corrected chi connectivity index (χ1v) is 10.9. The van der Waals surface area contributed by atoms with E-state index in [2.05, 4.69) is 50.4 Å². The Hall–Kier alpha value is -3.58. The van der Waals surface area contributed by atoms with E-state index < -0.39 is 0 Å². The molecular formula is C25H26N4O3. The minimum Gasteiger partial charge on any atom is -0.454 e. The van der Waals surface area contributed by atoms with Crippen molar-refractivity contribution < 1.29 is 14.3 Å². The third kappa shape index (κ3) is 4.38. The van der Waals surface area contributed by atoms with E-state index in [0.717, 1.165) is 31.7 Å². The van der Waals surface area contributed by atoms with Gasteiger partial charge >= 0.3 is 0 Å². The number of aromatic nitrogens is 1. The Morgan fingerprint density at radius 1 is 0.969 bits per heavy atom. The Morgan fingerprint density at radius 3 is 2.56 bits per heavy atom. The molecule has 2 aliphatic heterocycles. The van der Waals surface area contributed by atoms with Gasteiger partial charge in [0, 0.05) is 56.4 Å². The van der Waals surface area contributed by atoms with Crippen molar-refractivity contribution in [2.24, 2.45) is 0 Å². The summed E-state index contributed by atoms with van der Waals surface area (Å²) in [5, 5.41) is 3.11. The monoisotopic (exact) mass is 430 g/mol. The highest BCUT2D eigenvalue weighted by atomic mass is 16.7. The highest BCUT2D eigenvalue weighted by Crippen LogP contribution is 2.32. The third-order valence-electron chi connectivity index (χ3n) is 6.04. The summed E-state index contributed by atoms with van der Waals surface area (Å²) in [6.45, 7) is 4.40.